The highest BCUT2D eigenvalue weighted by Crippen LogP contribution is 2.00. The molecule has 0 aliphatic heterocycles. The van der Waals surface area contributed by atoms with Gasteiger partial charge in [0.25, 0.3) is 0 Å². The van der Waals surface area contributed by atoms with Gasteiger partial charge in [0.05, 0.1) is 13.0 Å². The lowest BCUT2D eigenvalue weighted by molar-refractivity contribution is -0.151. The Morgan fingerprint density at radius 1 is 1.50 bits per heavy atom. The molecule has 0 aliphatic carbocycles. The van der Waals surface area contributed by atoms with Gasteiger partial charge in [-0.15, -0.1) is 0 Å². The zero-order valence-corrected chi connectivity index (χ0v) is 8.62. The first-order valence-corrected chi connectivity index (χ1v) is 4.58. The van der Waals surface area contributed by atoms with Gasteiger partial charge in [-0.25, -0.2) is 4.79 Å². The molecule has 0 aliphatic rings. The van der Waals surface area contributed by atoms with Crippen molar-refractivity contribution in [2.24, 2.45) is 0 Å². The molecule has 0 N–H and O–H groups in total. The van der Waals surface area contributed by atoms with Crippen molar-refractivity contribution in [3.63, 3.8) is 0 Å². The standard InChI is InChI=1S/C10H16O4/c1-4-6-13-10(12)7-8(3)14-9(11)5-2/h5,8H,2,4,6-7H2,1,3H3. The maximum Gasteiger partial charge on any atom is 0.330 e. The van der Waals surface area contributed by atoms with E-state index in [2.05, 4.69) is 6.58 Å². The lowest BCUT2D eigenvalue weighted by Gasteiger charge is -2.10. The van der Waals surface area contributed by atoms with E-state index in [1.165, 1.54) is 0 Å². The topological polar surface area (TPSA) is 52.6 Å². The van der Waals surface area contributed by atoms with Crippen LogP contribution in [0, 0.1) is 0 Å². The predicted molar refractivity (Wildman–Crippen MR) is 51.6 cm³/mol. The number of hydrogen-bond donors (Lipinski definition) is 0. The number of carbonyl (C=O) groups excluding carboxylic acids is 2. The van der Waals surface area contributed by atoms with Gasteiger partial charge >= 0.3 is 11.9 Å². The van der Waals surface area contributed by atoms with Crippen LogP contribution in [0.3, 0.4) is 0 Å². The van der Waals surface area contributed by atoms with Crippen LogP contribution in [0.2, 0.25) is 0 Å². The Morgan fingerprint density at radius 3 is 2.64 bits per heavy atom. The monoisotopic (exact) mass is 200 g/mol. The van der Waals surface area contributed by atoms with Gasteiger partial charge in [-0.3, -0.25) is 4.79 Å². The summed E-state index contributed by atoms with van der Waals surface area (Å²) < 4.78 is 9.61. The quantitative estimate of drug-likeness (QED) is 0.481. The molecular weight excluding hydrogens is 184 g/mol. The van der Waals surface area contributed by atoms with E-state index in [1.807, 2.05) is 6.92 Å². The molecule has 0 bridgehead atoms. The highest BCUT2D eigenvalue weighted by molar-refractivity contribution is 5.81. The molecule has 0 saturated carbocycles. The molecule has 0 aromatic heterocycles. The molecule has 4 nitrogen and oxygen atoms in total. The first-order chi connectivity index (χ1) is 6.60. The molecule has 0 saturated heterocycles. The summed E-state index contributed by atoms with van der Waals surface area (Å²) in [5.74, 6) is -0.878. The van der Waals surface area contributed by atoms with Crippen molar-refractivity contribution in [1.29, 1.82) is 0 Å². The van der Waals surface area contributed by atoms with Crippen LogP contribution in [0.1, 0.15) is 26.7 Å². The van der Waals surface area contributed by atoms with Crippen LogP contribution in [-0.2, 0) is 19.1 Å². The van der Waals surface area contributed by atoms with Crippen molar-refractivity contribution in [3.05, 3.63) is 12.7 Å². The van der Waals surface area contributed by atoms with Crippen molar-refractivity contribution >= 4 is 11.9 Å². The Labute approximate surface area is 83.9 Å². The molecule has 1 atom stereocenters. The summed E-state index contributed by atoms with van der Waals surface area (Å²) in [5.41, 5.74) is 0. The average molecular weight is 200 g/mol. The van der Waals surface area contributed by atoms with Crippen LogP contribution < -0.4 is 0 Å². The highest BCUT2D eigenvalue weighted by atomic mass is 16.6. The minimum Gasteiger partial charge on any atom is -0.466 e. The summed E-state index contributed by atoms with van der Waals surface area (Å²) in [5, 5.41) is 0. The first-order valence-electron chi connectivity index (χ1n) is 4.58. The lowest BCUT2D eigenvalue weighted by Crippen LogP contribution is -2.19. The van der Waals surface area contributed by atoms with Gasteiger partial charge in [0, 0.05) is 6.08 Å². The van der Waals surface area contributed by atoms with Crippen molar-refractivity contribution in [1.82, 2.24) is 0 Å². The van der Waals surface area contributed by atoms with Crippen molar-refractivity contribution in [2.45, 2.75) is 32.8 Å². The lowest BCUT2D eigenvalue weighted by atomic mass is 10.3. The summed E-state index contributed by atoms with van der Waals surface area (Å²) in [6.07, 6.45) is 1.46. The second kappa shape index (κ2) is 7.12. The molecule has 14 heavy (non-hydrogen) atoms. The van der Waals surface area contributed by atoms with E-state index >= 15 is 0 Å². The number of rotatable bonds is 6. The van der Waals surface area contributed by atoms with Gasteiger partial charge in [0.2, 0.25) is 0 Å². The van der Waals surface area contributed by atoms with Gasteiger partial charge in [-0.1, -0.05) is 13.5 Å². The number of hydrogen-bond acceptors (Lipinski definition) is 4. The molecule has 0 rings (SSSR count). The summed E-state index contributed by atoms with van der Waals surface area (Å²) in [6.45, 7) is 7.20. The fourth-order valence-electron chi connectivity index (χ4n) is 0.798. The Balaban J connectivity index is 3.70. The van der Waals surface area contributed by atoms with Crippen LogP contribution in [-0.4, -0.2) is 24.6 Å². The Bertz CT molecular complexity index is 210. The second-order valence-electron chi connectivity index (χ2n) is 2.88. The van der Waals surface area contributed by atoms with Gasteiger partial charge in [-0.2, -0.15) is 0 Å². The van der Waals surface area contributed by atoms with Crippen LogP contribution >= 0.6 is 0 Å². The highest BCUT2D eigenvalue weighted by Gasteiger charge is 2.12. The number of esters is 2. The van der Waals surface area contributed by atoms with Crippen molar-refractivity contribution < 1.29 is 19.1 Å². The third-order valence-corrected chi connectivity index (χ3v) is 1.41. The fraction of sp³-hybridized carbons (Fsp3) is 0.600. The van der Waals surface area contributed by atoms with Crippen LogP contribution in [0.25, 0.3) is 0 Å². The van der Waals surface area contributed by atoms with E-state index in [9.17, 15) is 9.59 Å². The van der Waals surface area contributed by atoms with Gasteiger partial charge in [0.1, 0.15) is 6.10 Å². The van der Waals surface area contributed by atoms with E-state index in [4.69, 9.17) is 9.47 Å². The van der Waals surface area contributed by atoms with E-state index in [0.717, 1.165) is 12.5 Å². The largest absolute Gasteiger partial charge is 0.466 e. The number of ether oxygens (including phenoxy) is 2. The molecule has 0 spiro atoms. The van der Waals surface area contributed by atoms with E-state index < -0.39 is 12.1 Å². The molecule has 80 valence electrons. The molecule has 0 radical (unpaired) electrons. The average Bonchev–Trinajstić information content (AvgIpc) is 2.14. The van der Waals surface area contributed by atoms with E-state index in [0.29, 0.717) is 6.61 Å². The van der Waals surface area contributed by atoms with Crippen LogP contribution in [0.4, 0.5) is 0 Å². The van der Waals surface area contributed by atoms with Crippen molar-refractivity contribution in [3.8, 4) is 0 Å². The summed E-state index contributed by atoms with van der Waals surface area (Å²) in [6, 6.07) is 0. The van der Waals surface area contributed by atoms with E-state index in [1.54, 1.807) is 6.92 Å². The molecule has 0 heterocycles. The van der Waals surface area contributed by atoms with Crippen LogP contribution in [0.5, 0.6) is 0 Å². The SMILES string of the molecule is C=CC(=O)OC(C)CC(=O)OCCC. The minimum absolute atomic E-state index is 0.0829. The maximum atomic E-state index is 11.0. The molecule has 4 heteroatoms. The Hall–Kier alpha value is -1.32. The molecule has 0 aromatic rings. The third-order valence-electron chi connectivity index (χ3n) is 1.41. The van der Waals surface area contributed by atoms with Crippen molar-refractivity contribution in [2.75, 3.05) is 6.61 Å². The maximum absolute atomic E-state index is 11.0. The fourth-order valence-corrected chi connectivity index (χ4v) is 0.798. The van der Waals surface area contributed by atoms with Gasteiger partial charge in [0.15, 0.2) is 0 Å². The zero-order chi connectivity index (χ0) is 11.0. The summed E-state index contributed by atoms with van der Waals surface area (Å²) in [7, 11) is 0. The summed E-state index contributed by atoms with van der Waals surface area (Å²) >= 11 is 0. The Kier molecular flexibility index (Phi) is 6.45. The van der Waals surface area contributed by atoms with Gasteiger partial charge < -0.3 is 9.47 Å². The first kappa shape index (κ1) is 12.7. The zero-order valence-electron chi connectivity index (χ0n) is 8.62. The smallest absolute Gasteiger partial charge is 0.330 e. The normalized spacial score (nSPS) is 11.6. The molecule has 0 amide bonds. The van der Waals surface area contributed by atoms with Gasteiger partial charge in [-0.05, 0) is 13.3 Å². The Morgan fingerprint density at radius 2 is 2.14 bits per heavy atom. The molecule has 0 fully saturated rings. The minimum atomic E-state index is -0.527. The third kappa shape index (κ3) is 6.22. The van der Waals surface area contributed by atoms with Crippen LogP contribution in [0.15, 0.2) is 12.7 Å². The van der Waals surface area contributed by atoms with E-state index in [-0.39, 0.29) is 12.4 Å². The molecule has 0 aromatic carbocycles. The number of carbonyl (C=O) groups is 2. The predicted octanol–water partition coefficient (Wildman–Crippen LogP) is 1.45. The molecule has 1 unspecified atom stereocenters. The molecular formula is C10H16O4. The summed E-state index contributed by atoms with van der Waals surface area (Å²) in [4.78, 5) is 21.8. The second-order valence-corrected chi connectivity index (χ2v) is 2.88.